The highest BCUT2D eigenvalue weighted by Gasteiger charge is 2.05. The van der Waals surface area contributed by atoms with Crippen LogP contribution in [0.3, 0.4) is 0 Å². The first-order valence-electron chi connectivity index (χ1n) is 6.59. The first-order chi connectivity index (χ1) is 9.11. The SMILES string of the molecule is CC(C)OCCCNC(=O)Cn1cc(CCN)nn1. The Morgan fingerprint density at radius 1 is 1.58 bits per heavy atom. The van der Waals surface area contributed by atoms with Crippen molar-refractivity contribution in [1.82, 2.24) is 20.3 Å². The predicted octanol–water partition coefficient (Wildman–Crippen LogP) is -0.289. The number of nitrogens with two attached hydrogens (primary N) is 1. The van der Waals surface area contributed by atoms with Crippen molar-refractivity contribution in [1.29, 1.82) is 0 Å². The zero-order valence-corrected chi connectivity index (χ0v) is 11.6. The van der Waals surface area contributed by atoms with E-state index >= 15 is 0 Å². The van der Waals surface area contributed by atoms with Gasteiger partial charge in [0.2, 0.25) is 5.91 Å². The monoisotopic (exact) mass is 269 g/mol. The molecule has 0 atom stereocenters. The van der Waals surface area contributed by atoms with Crippen LogP contribution in [0.15, 0.2) is 6.20 Å². The molecule has 0 aliphatic rings. The predicted molar refractivity (Wildman–Crippen MR) is 71.5 cm³/mol. The lowest BCUT2D eigenvalue weighted by molar-refractivity contribution is -0.121. The number of ether oxygens (including phenoxy) is 1. The van der Waals surface area contributed by atoms with Crippen LogP contribution in [-0.4, -0.2) is 46.7 Å². The fraction of sp³-hybridized carbons (Fsp3) is 0.750. The van der Waals surface area contributed by atoms with Crippen molar-refractivity contribution < 1.29 is 9.53 Å². The van der Waals surface area contributed by atoms with Crippen LogP contribution < -0.4 is 11.1 Å². The summed E-state index contributed by atoms with van der Waals surface area (Å²) in [5.41, 5.74) is 6.22. The van der Waals surface area contributed by atoms with Gasteiger partial charge >= 0.3 is 0 Å². The molecule has 0 fully saturated rings. The van der Waals surface area contributed by atoms with Gasteiger partial charge in [-0.15, -0.1) is 5.10 Å². The van der Waals surface area contributed by atoms with Crippen LogP contribution in [0.5, 0.6) is 0 Å². The Bertz CT molecular complexity index is 378. The molecule has 0 saturated carbocycles. The summed E-state index contributed by atoms with van der Waals surface area (Å²) < 4.78 is 6.90. The van der Waals surface area contributed by atoms with Crippen molar-refractivity contribution in [3.8, 4) is 0 Å². The van der Waals surface area contributed by atoms with Gasteiger partial charge in [-0.1, -0.05) is 5.21 Å². The van der Waals surface area contributed by atoms with Crippen LogP contribution in [0.2, 0.25) is 0 Å². The molecule has 0 saturated heterocycles. The molecule has 0 aliphatic heterocycles. The van der Waals surface area contributed by atoms with E-state index < -0.39 is 0 Å². The number of carbonyl (C=O) groups excluding carboxylic acids is 1. The Balaban J connectivity index is 2.16. The van der Waals surface area contributed by atoms with Gasteiger partial charge in [0, 0.05) is 25.8 Å². The van der Waals surface area contributed by atoms with Crippen molar-refractivity contribution in [3.63, 3.8) is 0 Å². The standard InChI is InChI=1S/C12H23N5O2/c1-10(2)19-7-3-6-14-12(18)9-17-8-11(4-5-13)15-16-17/h8,10H,3-7,9,13H2,1-2H3,(H,14,18). The lowest BCUT2D eigenvalue weighted by atomic mass is 10.3. The number of aromatic nitrogens is 3. The molecule has 0 spiro atoms. The lowest BCUT2D eigenvalue weighted by Crippen LogP contribution is -2.29. The highest BCUT2D eigenvalue weighted by Crippen LogP contribution is 1.93. The molecule has 1 amide bonds. The summed E-state index contributed by atoms with van der Waals surface area (Å²) in [6.07, 6.45) is 3.45. The molecule has 0 bridgehead atoms. The number of hydrogen-bond donors (Lipinski definition) is 2. The van der Waals surface area contributed by atoms with Gasteiger partial charge in [-0.3, -0.25) is 4.79 Å². The Labute approximate surface area is 113 Å². The molecule has 1 heterocycles. The van der Waals surface area contributed by atoms with Crippen molar-refractivity contribution in [2.45, 2.75) is 39.3 Å². The zero-order valence-electron chi connectivity index (χ0n) is 11.6. The summed E-state index contributed by atoms with van der Waals surface area (Å²) in [7, 11) is 0. The van der Waals surface area contributed by atoms with E-state index in [4.69, 9.17) is 10.5 Å². The Kier molecular flexibility index (Phi) is 7.06. The molecule has 1 aromatic heterocycles. The van der Waals surface area contributed by atoms with Crippen molar-refractivity contribution in [2.24, 2.45) is 5.73 Å². The van der Waals surface area contributed by atoms with E-state index in [1.54, 1.807) is 6.20 Å². The van der Waals surface area contributed by atoms with Gasteiger partial charge in [0.05, 0.1) is 11.8 Å². The highest BCUT2D eigenvalue weighted by atomic mass is 16.5. The molecule has 3 N–H and O–H groups in total. The maximum absolute atomic E-state index is 11.6. The summed E-state index contributed by atoms with van der Waals surface area (Å²) in [6.45, 7) is 5.95. The highest BCUT2D eigenvalue weighted by molar-refractivity contribution is 5.75. The van der Waals surface area contributed by atoms with E-state index in [0.29, 0.717) is 26.1 Å². The molecule has 0 aliphatic carbocycles. The molecule has 7 nitrogen and oxygen atoms in total. The average Bonchev–Trinajstić information content (AvgIpc) is 2.76. The second-order valence-electron chi connectivity index (χ2n) is 4.57. The topological polar surface area (TPSA) is 95.1 Å². The Hall–Kier alpha value is -1.47. The van der Waals surface area contributed by atoms with Crippen molar-refractivity contribution in [2.75, 3.05) is 19.7 Å². The number of nitrogens with zero attached hydrogens (tertiary/aromatic N) is 3. The van der Waals surface area contributed by atoms with E-state index in [1.807, 2.05) is 13.8 Å². The van der Waals surface area contributed by atoms with Gasteiger partial charge in [-0.2, -0.15) is 0 Å². The molecule has 108 valence electrons. The summed E-state index contributed by atoms with van der Waals surface area (Å²) >= 11 is 0. The van der Waals surface area contributed by atoms with Crippen LogP contribution in [0, 0.1) is 0 Å². The van der Waals surface area contributed by atoms with Gasteiger partial charge in [0.15, 0.2) is 0 Å². The van der Waals surface area contributed by atoms with Gasteiger partial charge in [-0.25, -0.2) is 4.68 Å². The molecule has 7 heteroatoms. The van der Waals surface area contributed by atoms with Crippen LogP contribution in [0.25, 0.3) is 0 Å². The van der Waals surface area contributed by atoms with Crippen molar-refractivity contribution in [3.05, 3.63) is 11.9 Å². The minimum absolute atomic E-state index is 0.0752. The third kappa shape index (κ3) is 6.88. The minimum atomic E-state index is -0.0752. The van der Waals surface area contributed by atoms with E-state index in [1.165, 1.54) is 4.68 Å². The average molecular weight is 269 g/mol. The van der Waals surface area contributed by atoms with E-state index in [0.717, 1.165) is 12.1 Å². The third-order valence-electron chi connectivity index (χ3n) is 2.39. The first kappa shape index (κ1) is 15.6. The molecule has 0 radical (unpaired) electrons. The molecular weight excluding hydrogens is 246 g/mol. The lowest BCUT2D eigenvalue weighted by Gasteiger charge is -2.08. The quantitative estimate of drug-likeness (QED) is 0.601. The van der Waals surface area contributed by atoms with Crippen molar-refractivity contribution >= 4 is 5.91 Å². The second-order valence-corrected chi connectivity index (χ2v) is 4.57. The summed E-state index contributed by atoms with van der Waals surface area (Å²) in [5.74, 6) is -0.0752. The van der Waals surface area contributed by atoms with E-state index in [2.05, 4.69) is 15.6 Å². The normalized spacial score (nSPS) is 10.9. The fourth-order valence-electron chi connectivity index (χ4n) is 1.50. The third-order valence-corrected chi connectivity index (χ3v) is 2.39. The number of rotatable bonds is 9. The fourth-order valence-corrected chi connectivity index (χ4v) is 1.50. The van der Waals surface area contributed by atoms with E-state index in [9.17, 15) is 4.79 Å². The van der Waals surface area contributed by atoms with Gasteiger partial charge < -0.3 is 15.8 Å². The van der Waals surface area contributed by atoms with Crippen LogP contribution >= 0.6 is 0 Å². The number of hydrogen-bond acceptors (Lipinski definition) is 5. The summed E-state index contributed by atoms with van der Waals surface area (Å²) in [5, 5.41) is 10.6. The maximum Gasteiger partial charge on any atom is 0.241 e. The number of carbonyl (C=O) groups is 1. The van der Waals surface area contributed by atoms with Gasteiger partial charge in [0.1, 0.15) is 6.54 Å². The van der Waals surface area contributed by atoms with Gasteiger partial charge in [-0.05, 0) is 26.8 Å². The van der Waals surface area contributed by atoms with Gasteiger partial charge in [0.25, 0.3) is 0 Å². The molecule has 19 heavy (non-hydrogen) atoms. The molecule has 0 unspecified atom stereocenters. The van der Waals surface area contributed by atoms with Crippen LogP contribution in [-0.2, 0) is 22.5 Å². The van der Waals surface area contributed by atoms with E-state index in [-0.39, 0.29) is 18.6 Å². The summed E-state index contributed by atoms with van der Waals surface area (Å²) in [6, 6.07) is 0. The Morgan fingerprint density at radius 2 is 2.37 bits per heavy atom. The zero-order chi connectivity index (χ0) is 14.1. The number of nitrogens with one attached hydrogen (secondary N) is 1. The van der Waals surface area contributed by atoms with Crippen LogP contribution in [0.4, 0.5) is 0 Å². The molecular formula is C12H23N5O2. The maximum atomic E-state index is 11.6. The minimum Gasteiger partial charge on any atom is -0.379 e. The first-order valence-corrected chi connectivity index (χ1v) is 6.59. The molecule has 1 rings (SSSR count). The summed E-state index contributed by atoms with van der Waals surface area (Å²) in [4.78, 5) is 11.6. The largest absolute Gasteiger partial charge is 0.379 e. The Morgan fingerprint density at radius 3 is 3.05 bits per heavy atom. The van der Waals surface area contributed by atoms with Crippen LogP contribution in [0.1, 0.15) is 26.0 Å². The second kappa shape index (κ2) is 8.60. The number of amides is 1. The molecule has 1 aromatic rings. The molecule has 0 aromatic carbocycles. The smallest absolute Gasteiger partial charge is 0.241 e.